The maximum absolute atomic E-state index is 1.80. The molecule has 27 saturated carbocycles. The van der Waals surface area contributed by atoms with Crippen LogP contribution in [0.3, 0.4) is 0 Å². The number of hydrogen-bond acceptors (Lipinski definition) is 0. The van der Waals surface area contributed by atoms with E-state index in [0.29, 0.717) is 0 Å². The van der Waals surface area contributed by atoms with E-state index in [4.69, 9.17) is 0 Å². The third-order valence-electron chi connectivity index (χ3n) is 33.2. The highest BCUT2D eigenvalue weighted by Crippen LogP contribution is 3.57. The zero-order valence-corrected chi connectivity index (χ0v) is 22.4. The molecule has 0 amide bonds. The summed E-state index contributed by atoms with van der Waals surface area (Å²) in [5, 5.41) is 0. The molecule has 27 aliphatic carbocycles. The van der Waals surface area contributed by atoms with Crippen molar-refractivity contribution in [3.8, 4) is 0 Å². The zero-order valence-electron chi connectivity index (χ0n) is 22.4. The van der Waals surface area contributed by atoms with Crippen LogP contribution in [-0.4, -0.2) is 0 Å². The van der Waals surface area contributed by atoms with Crippen LogP contribution >= 0.6 is 0 Å². The van der Waals surface area contributed by atoms with E-state index in [1.165, 1.54) is 118 Å². The quantitative estimate of drug-likeness (QED) is 0.464. The Morgan fingerprint density at radius 2 is 0.400 bits per heavy atom. The third kappa shape index (κ3) is 0.328. The molecule has 0 aliphatic heterocycles. The number of fused-ring (bicyclic) bond motifs is 16. The van der Waals surface area contributed by atoms with Crippen molar-refractivity contribution in [1.29, 1.82) is 0 Å². The molecule has 27 aliphatic rings. The van der Waals surface area contributed by atoms with E-state index in [2.05, 4.69) is 0 Å². The summed E-state index contributed by atoms with van der Waals surface area (Å²) in [6.07, 6.45) is 7.20. The molecule has 27 fully saturated rings. The fourth-order valence-electron chi connectivity index (χ4n) is 41.0. The Bertz CT molecular complexity index is 2010. The number of hydrogen-bond donors (Lipinski definition) is 0. The lowest BCUT2D eigenvalue weighted by Gasteiger charge is -3.55. The van der Waals surface area contributed by atoms with Crippen LogP contribution < -0.4 is 0 Å². The van der Waals surface area contributed by atoms with Crippen molar-refractivity contribution >= 4 is 0 Å². The molecule has 25 unspecified atom stereocenters. The molecule has 0 bridgehead atoms. The largest absolute Gasteiger partial charge is 0.0458 e. The molecule has 0 aromatic rings. The molecule has 0 aromatic heterocycles. The monoisotopic (exact) mass is 508 g/mol. The van der Waals surface area contributed by atoms with Gasteiger partial charge in [0.15, 0.2) is 0 Å². The highest BCUT2D eigenvalue weighted by atomic mass is 15.6. The Kier molecular flexibility index (Phi) is 0.768. The van der Waals surface area contributed by atoms with Gasteiger partial charge in [0, 0.05) is 0 Å². The van der Waals surface area contributed by atoms with Gasteiger partial charge in [-0.2, -0.15) is 0 Å². The molecule has 188 valence electrons. The highest BCUT2D eigenvalue weighted by Gasteiger charge is 3.55. The summed E-state index contributed by atoms with van der Waals surface area (Å²) in [5.74, 6) is 27.6. The fourth-order valence-corrected chi connectivity index (χ4v) is 41.0. The Morgan fingerprint density at radius 3 is 0.650 bits per heavy atom. The van der Waals surface area contributed by atoms with Gasteiger partial charge in [-0.05, 0) is 231 Å². The summed E-state index contributed by atoms with van der Waals surface area (Å²) in [7, 11) is 0. The van der Waals surface area contributed by atoms with Gasteiger partial charge < -0.3 is 0 Å². The van der Waals surface area contributed by atoms with E-state index in [-0.39, 0.29) is 0 Å². The van der Waals surface area contributed by atoms with Crippen molar-refractivity contribution < 1.29 is 0 Å². The van der Waals surface area contributed by atoms with Crippen molar-refractivity contribution in [2.24, 2.45) is 205 Å². The second-order valence-corrected chi connectivity index (χ2v) is 25.3. The summed E-state index contributed by atoms with van der Waals surface area (Å²) in [4.78, 5) is 0. The maximum Gasteiger partial charge on any atom is -0.00502 e. The van der Waals surface area contributed by atoms with E-state index in [9.17, 15) is 0 Å². The molecular weight excluding hydrogens is 480 g/mol. The predicted octanol–water partition coefficient (Wildman–Crippen LogP) is 4.02. The Morgan fingerprint density at radius 1 is 0.200 bits per heavy atom. The molecule has 0 nitrogen and oxygen atoms in total. The summed E-state index contributed by atoms with van der Waals surface area (Å²) in [6, 6.07) is 0. The molecular formula is C40H28. The van der Waals surface area contributed by atoms with Crippen molar-refractivity contribution in [2.75, 3.05) is 0 Å². The predicted molar refractivity (Wildman–Crippen MR) is 127 cm³/mol. The standard InChI is InChI=1S/C40H28/c1-5-6-2-10-14-18-23-24-20-16-12-4-8-7-3-11-15-19-22-21-17-13-9(1)25(5)26(6,10)30(14)29(13,25)33(17)34(18,30)39(23)37(21,33)38(22)35(19)31(15)27(7,11)28(8,12)32(16,31)36(20,35)40(24,38)39/h5-24H,1-4H2/t5?,6?,7?,8?,9-,10+,11+,12?,13-,14+,15+,16?,17-,18+,19+,20?,21-,22+,23?,24?,25?,26?,27?,28?,29?,30?,31?,32?,33?,34?,35?,36?,37?,38?,39?,40?/m1/s1. The first kappa shape index (κ1) is 14.0. The Labute approximate surface area is 230 Å². The second-order valence-electron chi connectivity index (χ2n) is 25.3. The summed E-state index contributed by atoms with van der Waals surface area (Å²) in [5.41, 5.74) is 17.9. The maximum atomic E-state index is 1.80. The molecule has 0 radical (unpaired) electrons. The zero-order chi connectivity index (χ0) is 22.4. The van der Waals surface area contributed by atoms with Gasteiger partial charge in [0.1, 0.15) is 0 Å². The molecule has 36 atom stereocenters. The van der Waals surface area contributed by atoms with Crippen LogP contribution in [0.5, 0.6) is 0 Å². The minimum absolute atomic E-state index is 1.10. The topological polar surface area (TPSA) is 0 Å². The van der Waals surface area contributed by atoms with Gasteiger partial charge in [-0.1, -0.05) is 0 Å². The summed E-state index contributed by atoms with van der Waals surface area (Å²) >= 11 is 0. The van der Waals surface area contributed by atoms with E-state index < -0.39 is 0 Å². The van der Waals surface area contributed by atoms with Gasteiger partial charge in [-0.15, -0.1) is 0 Å². The van der Waals surface area contributed by atoms with Gasteiger partial charge in [0.05, 0.1) is 0 Å². The van der Waals surface area contributed by atoms with Gasteiger partial charge in [-0.25, -0.2) is 0 Å². The van der Waals surface area contributed by atoms with Crippen molar-refractivity contribution in [1.82, 2.24) is 0 Å². The average Bonchev–Trinajstić information content (AvgIpc) is 2.81. The molecule has 0 N–H and O–H groups in total. The molecule has 0 heterocycles. The molecule has 0 heteroatoms. The molecule has 27 rings (SSSR count). The van der Waals surface area contributed by atoms with Crippen LogP contribution in [0.1, 0.15) is 25.7 Å². The minimum atomic E-state index is 1.10. The van der Waals surface area contributed by atoms with E-state index >= 15 is 0 Å². The SMILES string of the molecule is C1C2C3C[C@H]4[C@H]5[C@H]6[C@H]7[C@H]8[C@H]9[C@H]%10[C@H]%11CC%12C%13C[C@H]%14[C@H]%15[C@H]%16C%17C%18C%19C%20C1C21C34C52C%201C%191C%183C%174C%165C%15%16C%13%14C%12%11C%10%16C95C84C73C612. The first-order chi connectivity index (χ1) is 19.9. The van der Waals surface area contributed by atoms with Gasteiger partial charge in [0.2, 0.25) is 0 Å². The molecule has 0 aromatic carbocycles. The first-order valence-corrected chi connectivity index (χ1v) is 19.9. The van der Waals surface area contributed by atoms with Gasteiger partial charge in [-0.3, -0.25) is 0 Å². The van der Waals surface area contributed by atoms with Gasteiger partial charge in [0.25, 0.3) is 0 Å². The average molecular weight is 509 g/mol. The minimum Gasteiger partial charge on any atom is -0.0458 e. The van der Waals surface area contributed by atoms with Crippen LogP contribution in [0.4, 0.5) is 0 Å². The molecule has 0 saturated heterocycles. The highest BCUT2D eigenvalue weighted by molar-refractivity contribution is 6.00. The van der Waals surface area contributed by atoms with Crippen molar-refractivity contribution in [3.63, 3.8) is 0 Å². The Balaban J connectivity index is 0.897. The van der Waals surface area contributed by atoms with Crippen LogP contribution in [0.15, 0.2) is 0 Å². The lowest BCUT2D eigenvalue weighted by molar-refractivity contribution is -1.10. The van der Waals surface area contributed by atoms with Gasteiger partial charge >= 0.3 is 0 Å². The van der Waals surface area contributed by atoms with Crippen LogP contribution in [0.25, 0.3) is 0 Å². The van der Waals surface area contributed by atoms with Crippen LogP contribution in [-0.2, 0) is 0 Å². The van der Waals surface area contributed by atoms with E-state index in [1.807, 2.05) is 0 Å². The van der Waals surface area contributed by atoms with Crippen LogP contribution in [0.2, 0.25) is 0 Å². The molecule has 16 spiro atoms. The molecule has 40 heavy (non-hydrogen) atoms. The van der Waals surface area contributed by atoms with E-state index in [0.717, 1.165) is 86.6 Å². The van der Waals surface area contributed by atoms with Crippen LogP contribution in [0, 0.1) is 205 Å². The third-order valence-corrected chi connectivity index (χ3v) is 33.2. The van der Waals surface area contributed by atoms with Crippen molar-refractivity contribution in [3.05, 3.63) is 0 Å². The Hall–Kier alpha value is 0. The lowest BCUT2D eigenvalue weighted by Crippen LogP contribution is -3.53. The summed E-state index contributed by atoms with van der Waals surface area (Å²) in [6.45, 7) is 0. The summed E-state index contributed by atoms with van der Waals surface area (Å²) < 4.78 is 0. The lowest BCUT2D eigenvalue weighted by atomic mass is 8.48. The number of rotatable bonds is 0. The fraction of sp³-hybridized carbons (Fsp3) is 1.00. The van der Waals surface area contributed by atoms with E-state index in [1.54, 1.807) is 25.7 Å². The normalized spacial score (nSPS) is 133. The second kappa shape index (κ2) is 2.20. The smallest absolute Gasteiger partial charge is 0.00502 e. The van der Waals surface area contributed by atoms with Crippen molar-refractivity contribution in [2.45, 2.75) is 25.7 Å². The first-order valence-electron chi connectivity index (χ1n) is 19.9.